The Balaban J connectivity index is 2.25. The minimum Gasteiger partial charge on any atom is -0.491 e. The van der Waals surface area contributed by atoms with Crippen LogP contribution in [0.4, 0.5) is 4.39 Å². The number of sulfone groups is 2. The second-order valence-electron chi connectivity index (χ2n) is 7.94. The van der Waals surface area contributed by atoms with Crippen LogP contribution in [-0.4, -0.2) is 22.9 Å². The molecule has 5 nitrogen and oxygen atoms in total. The second kappa shape index (κ2) is 9.03. The molecule has 0 atom stereocenters. The highest BCUT2D eigenvalue weighted by Gasteiger charge is 2.31. The van der Waals surface area contributed by atoms with Crippen molar-refractivity contribution in [2.45, 2.75) is 59.3 Å². The lowest BCUT2D eigenvalue weighted by Gasteiger charge is -2.16. The van der Waals surface area contributed by atoms with Crippen LogP contribution in [0.15, 0.2) is 86.3 Å². The van der Waals surface area contributed by atoms with Crippen molar-refractivity contribution in [2.75, 3.05) is 0 Å². The first-order valence-electron chi connectivity index (χ1n) is 10.1. The van der Waals surface area contributed by atoms with Gasteiger partial charge in [0.2, 0.25) is 19.7 Å². The lowest BCUT2D eigenvalue weighted by molar-refractivity contribution is 0.241. The van der Waals surface area contributed by atoms with Crippen molar-refractivity contribution in [3.63, 3.8) is 0 Å². The molecule has 8 heteroatoms. The van der Waals surface area contributed by atoms with E-state index in [9.17, 15) is 21.2 Å². The van der Waals surface area contributed by atoms with E-state index in [4.69, 9.17) is 4.74 Å². The molecule has 0 aliphatic heterocycles. The smallest absolute Gasteiger partial charge is 0.210 e. The third-order valence-electron chi connectivity index (χ3n) is 4.85. The number of ether oxygens (including phenoxy) is 1. The molecule has 32 heavy (non-hydrogen) atoms. The Bertz CT molecular complexity index is 1330. The normalized spacial score (nSPS) is 12.3. The summed E-state index contributed by atoms with van der Waals surface area (Å²) < 4.78 is 73.6. The first kappa shape index (κ1) is 23.9. The highest BCUT2D eigenvalue weighted by Crippen LogP contribution is 2.35. The highest BCUT2D eigenvalue weighted by atomic mass is 32.2. The molecule has 0 saturated heterocycles. The van der Waals surface area contributed by atoms with Crippen molar-refractivity contribution in [3.8, 4) is 5.75 Å². The molecule has 0 bridgehead atoms. The van der Waals surface area contributed by atoms with Gasteiger partial charge < -0.3 is 4.74 Å². The van der Waals surface area contributed by atoms with Crippen LogP contribution in [0.1, 0.15) is 39.2 Å². The third kappa shape index (κ3) is 4.71. The van der Waals surface area contributed by atoms with Crippen molar-refractivity contribution in [1.82, 2.24) is 0 Å². The number of halogens is 1. The molecule has 0 N–H and O–H groups in total. The zero-order valence-electron chi connectivity index (χ0n) is 18.2. The Morgan fingerprint density at radius 2 is 1.34 bits per heavy atom. The van der Waals surface area contributed by atoms with Crippen molar-refractivity contribution in [3.05, 3.63) is 78.1 Å². The van der Waals surface area contributed by atoms with Crippen LogP contribution in [0.3, 0.4) is 0 Å². The van der Waals surface area contributed by atoms with Crippen LogP contribution >= 0.6 is 0 Å². The van der Waals surface area contributed by atoms with Gasteiger partial charge in [0, 0.05) is 6.07 Å². The van der Waals surface area contributed by atoms with Crippen molar-refractivity contribution in [2.24, 2.45) is 0 Å². The molecule has 0 radical (unpaired) electrons. The van der Waals surface area contributed by atoms with Gasteiger partial charge in [0.25, 0.3) is 0 Å². The summed E-state index contributed by atoms with van der Waals surface area (Å²) in [6, 6.07) is 14.9. The summed E-state index contributed by atoms with van der Waals surface area (Å²) in [7, 11) is -8.72. The molecular formula is C24H25FO5S2. The summed E-state index contributed by atoms with van der Waals surface area (Å²) in [5.74, 6) is -0.590. The van der Waals surface area contributed by atoms with Gasteiger partial charge >= 0.3 is 0 Å². The summed E-state index contributed by atoms with van der Waals surface area (Å²) in [4.78, 5) is -1.62. The van der Waals surface area contributed by atoms with E-state index in [-0.39, 0.29) is 22.7 Å². The number of rotatable bonds is 7. The molecule has 0 aliphatic carbocycles. The van der Waals surface area contributed by atoms with E-state index >= 15 is 0 Å². The fraction of sp³-hybridized carbons (Fsp3) is 0.250. The lowest BCUT2D eigenvalue weighted by Crippen LogP contribution is -2.13. The van der Waals surface area contributed by atoms with Gasteiger partial charge in [0.1, 0.15) is 16.5 Å². The average Bonchev–Trinajstić information content (AvgIpc) is 2.73. The summed E-state index contributed by atoms with van der Waals surface area (Å²) in [6.45, 7) is 7.48. The largest absolute Gasteiger partial charge is 0.491 e. The van der Waals surface area contributed by atoms with Crippen molar-refractivity contribution >= 4 is 19.7 Å². The van der Waals surface area contributed by atoms with E-state index in [1.165, 1.54) is 36.4 Å². The van der Waals surface area contributed by atoms with Gasteiger partial charge in [-0.1, -0.05) is 38.1 Å². The van der Waals surface area contributed by atoms with Gasteiger partial charge in [-0.25, -0.2) is 21.2 Å². The van der Waals surface area contributed by atoms with Gasteiger partial charge in [-0.05, 0) is 61.7 Å². The standard InChI is InChI=1S/C24H25FO5S2/c1-16(2)18-9-12-20(13-10-18)31(26,27)23-14-11-19(30-17(3)4)15-24(23)32(28,29)22-8-6-5-7-21(22)25/h5-17H,1-4H3. The molecule has 0 amide bonds. The van der Waals surface area contributed by atoms with E-state index in [1.54, 1.807) is 26.0 Å². The predicted octanol–water partition coefficient (Wildman–Crippen LogP) is 5.40. The molecule has 0 heterocycles. The fourth-order valence-corrected chi connectivity index (χ4v) is 6.61. The maximum absolute atomic E-state index is 14.4. The molecule has 3 rings (SSSR count). The molecule has 170 valence electrons. The Hall–Kier alpha value is -2.71. The topological polar surface area (TPSA) is 77.5 Å². The molecule has 3 aromatic rings. The molecular weight excluding hydrogens is 451 g/mol. The zero-order chi connectivity index (χ0) is 23.7. The number of benzene rings is 3. The maximum Gasteiger partial charge on any atom is 0.210 e. The molecule has 3 aromatic carbocycles. The molecule has 0 saturated carbocycles. The second-order valence-corrected chi connectivity index (χ2v) is 11.7. The van der Waals surface area contributed by atoms with Crippen LogP contribution < -0.4 is 4.74 Å². The monoisotopic (exact) mass is 476 g/mol. The summed E-state index contributed by atoms with van der Waals surface area (Å²) >= 11 is 0. The fourth-order valence-electron chi connectivity index (χ4n) is 3.21. The van der Waals surface area contributed by atoms with E-state index in [1.807, 2.05) is 13.8 Å². The van der Waals surface area contributed by atoms with Crippen LogP contribution in [0.5, 0.6) is 5.75 Å². The molecule has 0 spiro atoms. The lowest BCUT2D eigenvalue weighted by atomic mass is 10.0. The van der Waals surface area contributed by atoms with E-state index in [2.05, 4.69) is 0 Å². The Kier molecular flexibility index (Phi) is 6.76. The van der Waals surface area contributed by atoms with Gasteiger partial charge in [0.05, 0.1) is 20.8 Å². The van der Waals surface area contributed by atoms with Gasteiger partial charge in [-0.15, -0.1) is 0 Å². The average molecular weight is 477 g/mol. The van der Waals surface area contributed by atoms with Crippen molar-refractivity contribution < 1.29 is 26.0 Å². The first-order chi connectivity index (χ1) is 14.9. The van der Waals surface area contributed by atoms with Crippen LogP contribution in [0.25, 0.3) is 0 Å². The quantitative estimate of drug-likeness (QED) is 0.456. The van der Waals surface area contributed by atoms with E-state index in [0.29, 0.717) is 0 Å². The Morgan fingerprint density at radius 1 is 0.719 bits per heavy atom. The van der Waals surface area contributed by atoms with E-state index in [0.717, 1.165) is 23.8 Å². The van der Waals surface area contributed by atoms with Crippen LogP contribution in [0, 0.1) is 5.82 Å². The van der Waals surface area contributed by atoms with Crippen LogP contribution in [-0.2, 0) is 19.7 Å². The third-order valence-corrected chi connectivity index (χ3v) is 8.63. The molecule has 0 aromatic heterocycles. The number of hydrogen-bond donors (Lipinski definition) is 0. The van der Waals surface area contributed by atoms with E-state index < -0.39 is 40.2 Å². The minimum atomic E-state index is -4.51. The van der Waals surface area contributed by atoms with Crippen molar-refractivity contribution in [1.29, 1.82) is 0 Å². The highest BCUT2D eigenvalue weighted by molar-refractivity contribution is 7.94. The Labute approximate surface area is 188 Å². The zero-order valence-corrected chi connectivity index (χ0v) is 19.9. The van der Waals surface area contributed by atoms with Crippen LogP contribution in [0.2, 0.25) is 0 Å². The summed E-state index contributed by atoms with van der Waals surface area (Å²) in [5.41, 5.74) is 0.948. The SMILES string of the molecule is CC(C)Oc1ccc(S(=O)(=O)c2ccc(C(C)C)cc2)c(S(=O)(=O)c2ccccc2F)c1. The summed E-state index contributed by atoms with van der Waals surface area (Å²) in [5, 5.41) is 0. The van der Waals surface area contributed by atoms with Gasteiger partial charge in [-0.2, -0.15) is 0 Å². The summed E-state index contributed by atoms with van der Waals surface area (Å²) in [6.07, 6.45) is -0.273. The Morgan fingerprint density at radius 3 is 1.91 bits per heavy atom. The molecule has 0 unspecified atom stereocenters. The first-order valence-corrected chi connectivity index (χ1v) is 13.1. The van der Waals surface area contributed by atoms with Gasteiger partial charge in [0.15, 0.2) is 0 Å². The predicted molar refractivity (Wildman–Crippen MR) is 120 cm³/mol. The number of hydrogen-bond acceptors (Lipinski definition) is 5. The minimum absolute atomic E-state index is 0.0515. The van der Waals surface area contributed by atoms with Gasteiger partial charge in [-0.3, -0.25) is 0 Å². The molecule has 0 fully saturated rings. The maximum atomic E-state index is 14.4. The molecule has 0 aliphatic rings.